The van der Waals surface area contributed by atoms with Crippen molar-refractivity contribution in [3.05, 3.63) is 72.4 Å². The SMILES string of the molecule is CC(C)(C)OC(=O)NCCCCc1nc2ccc(-c3ccc4ccc(-c5cnc(C6CCCN6C(=O)OC(C)(C)C)[nH]5)cc4c3)cc2[nH]1. The molecule has 0 aliphatic carbocycles. The number of fused-ring (bicyclic) bond motifs is 2. The molecule has 1 aliphatic rings. The summed E-state index contributed by atoms with van der Waals surface area (Å²) >= 11 is 0. The molecule has 1 fully saturated rings. The minimum Gasteiger partial charge on any atom is -0.444 e. The van der Waals surface area contributed by atoms with E-state index >= 15 is 0 Å². The number of hydrogen-bond donors (Lipinski definition) is 3. The zero-order valence-corrected chi connectivity index (χ0v) is 28.8. The van der Waals surface area contributed by atoms with Crippen molar-refractivity contribution in [1.82, 2.24) is 30.2 Å². The van der Waals surface area contributed by atoms with Gasteiger partial charge in [0.2, 0.25) is 0 Å². The van der Waals surface area contributed by atoms with E-state index in [1.165, 1.54) is 0 Å². The number of aryl methyl sites for hydroxylation is 1. The predicted molar refractivity (Wildman–Crippen MR) is 189 cm³/mol. The molecule has 1 aliphatic heterocycles. The maximum atomic E-state index is 12.8. The Hall–Kier alpha value is -4.86. The number of aromatic nitrogens is 4. The highest BCUT2D eigenvalue weighted by Gasteiger charge is 2.34. The molecule has 5 aromatic rings. The Morgan fingerprint density at radius 3 is 2.35 bits per heavy atom. The first-order valence-corrected chi connectivity index (χ1v) is 16.9. The maximum absolute atomic E-state index is 12.8. The van der Waals surface area contributed by atoms with E-state index in [1.54, 1.807) is 4.90 Å². The smallest absolute Gasteiger partial charge is 0.410 e. The van der Waals surface area contributed by atoms with Crippen molar-refractivity contribution in [3.8, 4) is 22.4 Å². The number of nitrogens with zero attached hydrogens (tertiary/aromatic N) is 3. The second-order valence-electron chi connectivity index (χ2n) is 14.6. The fourth-order valence-electron chi connectivity index (χ4n) is 6.12. The summed E-state index contributed by atoms with van der Waals surface area (Å²) in [5.41, 5.74) is 5.08. The quantitative estimate of drug-likeness (QED) is 0.144. The van der Waals surface area contributed by atoms with Gasteiger partial charge in [-0.25, -0.2) is 19.6 Å². The standard InChI is InChI=1S/C38H46N6O4/c1-37(2,3)47-35(45)39-18-8-7-11-33-41-29-17-16-26(22-30(29)42-33)25-14-12-24-13-15-27(21-28(24)20-25)31-23-40-34(43-31)32-10-9-19-44(32)36(46)48-38(4,5)6/h12-17,20-23,32H,7-11,18-19H2,1-6H3,(H,39,45)(H,40,43)(H,41,42). The Morgan fingerprint density at radius 1 is 0.875 bits per heavy atom. The summed E-state index contributed by atoms with van der Waals surface area (Å²) in [5.74, 6) is 1.72. The number of hydrogen-bond acceptors (Lipinski definition) is 6. The van der Waals surface area contributed by atoms with E-state index in [2.05, 4.69) is 74.9 Å². The molecule has 6 rings (SSSR count). The third kappa shape index (κ3) is 7.98. The van der Waals surface area contributed by atoms with Crippen LogP contribution in [0.4, 0.5) is 9.59 Å². The van der Waals surface area contributed by atoms with E-state index in [-0.39, 0.29) is 18.2 Å². The summed E-state index contributed by atoms with van der Waals surface area (Å²) in [6, 6.07) is 19.1. The number of carbonyl (C=O) groups excluding carboxylic acids is 2. The van der Waals surface area contributed by atoms with Gasteiger partial charge in [-0.3, -0.25) is 4.90 Å². The molecule has 48 heavy (non-hydrogen) atoms. The Balaban J connectivity index is 1.12. The minimum absolute atomic E-state index is 0.125. The fourth-order valence-corrected chi connectivity index (χ4v) is 6.12. The topological polar surface area (TPSA) is 125 Å². The highest BCUT2D eigenvalue weighted by Crippen LogP contribution is 2.34. The summed E-state index contributed by atoms with van der Waals surface area (Å²) in [6.45, 7) is 12.5. The second kappa shape index (κ2) is 13.3. The molecule has 252 valence electrons. The Bertz CT molecular complexity index is 1930. The number of H-pyrrole nitrogens is 2. The lowest BCUT2D eigenvalue weighted by Gasteiger charge is -2.27. The third-order valence-corrected chi connectivity index (χ3v) is 8.32. The summed E-state index contributed by atoms with van der Waals surface area (Å²) in [6.07, 6.45) is 5.48. The zero-order chi connectivity index (χ0) is 34.1. The first kappa shape index (κ1) is 33.1. The summed E-state index contributed by atoms with van der Waals surface area (Å²) in [4.78, 5) is 42.9. The number of imidazole rings is 2. The van der Waals surface area contributed by atoms with Gasteiger partial charge in [-0.05, 0) is 113 Å². The van der Waals surface area contributed by atoms with Gasteiger partial charge in [-0.15, -0.1) is 0 Å². The monoisotopic (exact) mass is 650 g/mol. The fraction of sp³-hybridized carbons (Fsp3) is 0.421. The van der Waals surface area contributed by atoms with Crippen molar-refractivity contribution in [1.29, 1.82) is 0 Å². The molecule has 1 atom stereocenters. The first-order valence-electron chi connectivity index (χ1n) is 16.9. The van der Waals surface area contributed by atoms with E-state index in [1.807, 2.05) is 47.7 Å². The Morgan fingerprint density at radius 2 is 1.58 bits per heavy atom. The molecule has 2 aromatic heterocycles. The van der Waals surface area contributed by atoms with Crippen LogP contribution in [0.3, 0.4) is 0 Å². The molecule has 0 spiro atoms. The molecule has 3 aromatic carbocycles. The first-order chi connectivity index (χ1) is 22.8. The number of alkyl carbamates (subject to hydrolysis) is 1. The molecule has 0 saturated carbocycles. The molecule has 0 radical (unpaired) electrons. The Labute approximate surface area is 281 Å². The molecule has 3 heterocycles. The summed E-state index contributed by atoms with van der Waals surface area (Å²) in [5, 5.41) is 5.09. The van der Waals surface area contributed by atoms with Crippen LogP contribution in [0.15, 0.2) is 60.8 Å². The van der Waals surface area contributed by atoms with Crippen LogP contribution in [0.5, 0.6) is 0 Å². The lowest BCUT2D eigenvalue weighted by molar-refractivity contribution is 0.0218. The van der Waals surface area contributed by atoms with Crippen LogP contribution in [-0.4, -0.2) is 61.3 Å². The van der Waals surface area contributed by atoms with E-state index in [0.29, 0.717) is 13.1 Å². The van der Waals surface area contributed by atoms with Gasteiger partial charge in [0.05, 0.1) is 29.0 Å². The lowest BCUT2D eigenvalue weighted by Crippen LogP contribution is -2.36. The van der Waals surface area contributed by atoms with E-state index < -0.39 is 11.2 Å². The van der Waals surface area contributed by atoms with Gasteiger partial charge >= 0.3 is 12.2 Å². The van der Waals surface area contributed by atoms with E-state index in [0.717, 1.165) is 87.9 Å². The van der Waals surface area contributed by atoms with Gasteiger partial charge in [0.25, 0.3) is 0 Å². The van der Waals surface area contributed by atoms with Crippen LogP contribution >= 0.6 is 0 Å². The highest BCUT2D eigenvalue weighted by atomic mass is 16.6. The molecule has 1 unspecified atom stereocenters. The number of benzene rings is 3. The molecule has 2 amide bonds. The molecule has 0 bridgehead atoms. The molecule has 1 saturated heterocycles. The van der Waals surface area contributed by atoms with Gasteiger partial charge in [0, 0.05) is 25.1 Å². The minimum atomic E-state index is -0.542. The number of rotatable bonds is 8. The van der Waals surface area contributed by atoms with Gasteiger partial charge < -0.3 is 24.8 Å². The van der Waals surface area contributed by atoms with Crippen LogP contribution in [0.25, 0.3) is 44.2 Å². The van der Waals surface area contributed by atoms with Crippen LogP contribution in [0.1, 0.15) is 84.9 Å². The number of aromatic amines is 2. The molecule has 10 heteroatoms. The molecular formula is C38H46N6O4. The molecule has 3 N–H and O–H groups in total. The van der Waals surface area contributed by atoms with Crippen LogP contribution < -0.4 is 5.32 Å². The number of ether oxygens (including phenoxy) is 2. The van der Waals surface area contributed by atoms with Crippen molar-refractivity contribution in [2.45, 2.75) is 90.9 Å². The largest absolute Gasteiger partial charge is 0.444 e. The lowest BCUT2D eigenvalue weighted by atomic mass is 9.99. The van der Waals surface area contributed by atoms with Crippen LogP contribution in [0.2, 0.25) is 0 Å². The number of amides is 2. The Kier molecular flexibility index (Phi) is 9.18. The number of likely N-dealkylation sites (tertiary alicyclic amines) is 1. The molecule has 10 nitrogen and oxygen atoms in total. The summed E-state index contributed by atoms with van der Waals surface area (Å²) < 4.78 is 10.9. The predicted octanol–water partition coefficient (Wildman–Crippen LogP) is 8.69. The normalized spacial score (nSPS) is 15.3. The van der Waals surface area contributed by atoms with Gasteiger partial charge in [0.1, 0.15) is 22.9 Å². The van der Waals surface area contributed by atoms with Crippen molar-refractivity contribution in [2.24, 2.45) is 0 Å². The zero-order valence-electron chi connectivity index (χ0n) is 28.8. The third-order valence-electron chi connectivity index (χ3n) is 8.32. The average Bonchev–Trinajstić information content (AvgIpc) is 3.78. The number of unbranched alkanes of at least 4 members (excludes halogenated alkanes) is 1. The highest BCUT2D eigenvalue weighted by molar-refractivity contribution is 5.92. The number of nitrogens with one attached hydrogen (secondary N) is 3. The summed E-state index contributed by atoms with van der Waals surface area (Å²) in [7, 11) is 0. The van der Waals surface area contributed by atoms with E-state index in [9.17, 15) is 9.59 Å². The van der Waals surface area contributed by atoms with Crippen molar-refractivity contribution in [2.75, 3.05) is 13.1 Å². The van der Waals surface area contributed by atoms with Gasteiger partial charge in [-0.1, -0.05) is 30.3 Å². The second-order valence-corrected chi connectivity index (χ2v) is 14.6. The van der Waals surface area contributed by atoms with E-state index in [4.69, 9.17) is 14.5 Å². The number of carbonyl (C=O) groups is 2. The average molecular weight is 651 g/mol. The van der Waals surface area contributed by atoms with Crippen molar-refractivity contribution < 1.29 is 19.1 Å². The van der Waals surface area contributed by atoms with Crippen LogP contribution in [-0.2, 0) is 15.9 Å². The van der Waals surface area contributed by atoms with Crippen LogP contribution in [0, 0.1) is 0 Å². The van der Waals surface area contributed by atoms with Gasteiger partial charge in [0.15, 0.2) is 0 Å². The van der Waals surface area contributed by atoms with Gasteiger partial charge in [-0.2, -0.15) is 0 Å². The van der Waals surface area contributed by atoms with Crippen molar-refractivity contribution >= 4 is 34.0 Å². The maximum Gasteiger partial charge on any atom is 0.410 e. The molecular weight excluding hydrogens is 604 g/mol. The van der Waals surface area contributed by atoms with Crippen molar-refractivity contribution in [3.63, 3.8) is 0 Å².